The second-order valence-electron chi connectivity index (χ2n) is 5.11. The predicted octanol–water partition coefficient (Wildman–Crippen LogP) is 2.14. The largest absolute Gasteiger partial charge is 0.497 e. The van der Waals surface area contributed by atoms with E-state index < -0.39 is 6.04 Å². The maximum absolute atomic E-state index is 11.7. The van der Waals surface area contributed by atoms with E-state index in [2.05, 4.69) is 5.32 Å². The van der Waals surface area contributed by atoms with Crippen LogP contribution in [0.25, 0.3) is 0 Å². The minimum Gasteiger partial charge on any atom is -0.497 e. The van der Waals surface area contributed by atoms with Crippen LogP contribution in [0.1, 0.15) is 43.7 Å². The molecule has 1 aromatic carbocycles. The van der Waals surface area contributed by atoms with Crippen molar-refractivity contribution >= 4 is 5.91 Å². The van der Waals surface area contributed by atoms with Crippen molar-refractivity contribution in [3.8, 4) is 5.75 Å². The lowest BCUT2D eigenvalue weighted by Crippen LogP contribution is -2.40. The number of carbonyl (C=O) groups is 1. The highest BCUT2D eigenvalue weighted by molar-refractivity contribution is 5.81. The molecule has 0 spiro atoms. The summed E-state index contributed by atoms with van der Waals surface area (Å²) >= 11 is 0. The van der Waals surface area contributed by atoms with Gasteiger partial charge in [0.1, 0.15) is 11.8 Å². The Hall–Kier alpha value is -1.55. The summed E-state index contributed by atoms with van der Waals surface area (Å²) in [5.41, 5.74) is 6.41. The summed E-state index contributed by atoms with van der Waals surface area (Å²) in [6.07, 6.45) is 5.97. The van der Waals surface area contributed by atoms with Crippen LogP contribution in [0.15, 0.2) is 24.3 Å². The third-order valence-electron chi connectivity index (χ3n) is 3.72. The first-order valence-electron chi connectivity index (χ1n) is 6.90. The average molecular weight is 262 g/mol. The van der Waals surface area contributed by atoms with E-state index in [1.165, 1.54) is 19.3 Å². The highest BCUT2D eigenvalue weighted by Gasteiger charge is 2.23. The van der Waals surface area contributed by atoms with E-state index in [1.54, 1.807) is 7.11 Å². The van der Waals surface area contributed by atoms with Crippen LogP contribution in [0, 0.1) is 0 Å². The van der Waals surface area contributed by atoms with Crippen LogP contribution in [-0.4, -0.2) is 19.1 Å². The number of carbonyl (C=O) groups excluding carboxylic acids is 1. The SMILES string of the molecule is COc1cccc(C(NC2CCCCC2)C(N)=O)c1. The summed E-state index contributed by atoms with van der Waals surface area (Å²) in [5.74, 6) is 0.410. The molecule has 1 atom stereocenters. The zero-order valence-corrected chi connectivity index (χ0v) is 11.4. The summed E-state index contributed by atoms with van der Waals surface area (Å²) in [6.45, 7) is 0. The number of methoxy groups -OCH3 is 1. The number of rotatable bonds is 5. The first kappa shape index (κ1) is 13.9. The fourth-order valence-electron chi connectivity index (χ4n) is 2.67. The molecule has 0 radical (unpaired) electrons. The Labute approximate surface area is 114 Å². The second-order valence-corrected chi connectivity index (χ2v) is 5.11. The standard InChI is InChI=1S/C15H22N2O2/c1-19-13-9-5-6-11(10-13)14(15(16)18)17-12-7-3-2-4-8-12/h5-6,9-10,12,14,17H,2-4,7-8H2,1H3,(H2,16,18). The molecule has 1 unspecified atom stereocenters. The number of amides is 1. The van der Waals surface area contributed by atoms with Gasteiger partial charge in [-0.25, -0.2) is 0 Å². The van der Waals surface area contributed by atoms with Crippen LogP contribution in [0.4, 0.5) is 0 Å². The molecule has 1 aromatic rings. The Morgan fingerprint density at radius 2 is 2.11 bits per heavy atom. The van der Waals surface area contributed by atoms with Gasteiger partial charge in [0, 0.05) is 6.04 Å². The Bertz CT molecular complexity index is 428. The molecule has 0 aromatic heterocycles. The Morgan fingerprint density at radius 3 is 2.74 bits per heavy atom. The molecule has 4 nitrogen and oxygen atoms in total. The van der Waals surface area contributed by atoms with E-state index in [9.17, 15) is 4.79 Å². The van der Waals surface area contributed by atoms with Crippen LogP contribution < -0.4 is 15.8 Å². The lowest BCUT2D eigenvalue weighted by atomic mass is 9.94. The maximum atomic E-state index is 11.7. The molecule has 0 heterocycles. The van der Waals surface area contributed by atoms with Crippen LogP contribution in [0.3, 0.4) is 0 Å². The van der Waals surface area contributed by atoms with Gasteiger partial charge in [0.25, 0.3) is 0 Å². The number of nitrogens with two attached hydrogens (primary N) is 1. The minimum atomic E-state index is -0.432. The summed E-state index contributed by atoms with van der Waals surface area (Å²) in [7, 11) is 1.62. The van der Waals surface area contributed by atoms with E-state index in [0.29, 0.717) is 6.04 Å². The third-order valence-corrected chi connectivity index (χ3v) is 3.72. The molecule has 19 heavy (non-hydrogen) atoms. The molecule has 1 amide bonds. The summed E-state index contributed by atoms with van der Waals surface area (Å²) in [6, 6.07) is 7.48. The number of hydrogen-bond acceptors (Lipinski definition) is 3. The summed E-state index contributed by atoms with van der Waals surface area (Å²) < 4.78 is 5.19. The quantitative estimate of drug-likeness (QED) is 0.854. The van der Waals surface area contributed by atoms with Crippen molar-refractivity contribution in [2.45, 2.75) is 44.2 Å². The van der Waals surface area contributed by atoms with Gasteiger partial charge in [-0.05, 0) is 30.5 Å². The molecule has 2 rings (SSSR count). The Morgan fingerprint density at radius 1 is 1.37 bits per heavy atom. The zero-order chi connectivity index (χ0) is 13.7. The lowest BCUT2D eigenvalue weighted by molar-refractivity contribution is -0.120. The van der Waals surface area contributed by atoms with E-state index in [1.807, 2.05) is 24.3 Å². The highest BCUT2D eigenvalue weighted by atomic mass is 16.5. The van der Waals surface area contributed by atoms with Gasteiger partial charge in [-0.2, -0.15) is 0 Å². The molecule has 1 aliphatic rings. The van der Waals surface area contributed by atoms with Crippen molar-refractivity contribution in [2.75, 3.05) is 7.11 Å². The van der Waals surface area contributed by atoms with Gasteiger partial charge in [0.2, 0.25) is 5.91 Å². The minimum absolute atomic E-state index is 0.334. The second kappa shape index (κ2) is 6.57. The summed E-state index contributed by atoms with van der Waals surface area (Å²) in [5, 5.41) is 3.39. The molecule has 4 heteroatoms. The maximum Gasteiger partial charge on any atom is 0.239 e. The Kier molecular flexibility index (Phi) is 4.80. The molecule has 1 aliphatic carbocycles. The number of nitrogens with one attached hydrogen (secondary N) is 1. The van der Waals surface area contributed by atoms with E-state index in [0.717, 1.165) is 24.2 Å². The lowest BCUT2D eigenvalue weighted by Gasteiger charge is -2.27. The van der Waals surface area contributed by atoms with Crippen LogP contribution in [0.5, 0.6) is 5.75 Å². The molecular weight excluding hydrogens is 240 g/mol. The number of hydrogen-bond donors (Lipinski definition) is 2. The molecule has 0 bridgehead atoms. The van der Waals surface area contributed by atoms with Gasteiger partial charge in [-0.1, -0.05) is 31.4 Å². The number of ether oxygens (including phenoxy) is 1. The van der Waals surface area contributed by atoms with E-state index in [4.69, 9.17) is 10.5 Å². The van der Waals surface area contributed by atoms with Crippen molar-refractivity contribution in [1.29, 1.82) is 0 Å². The molecular formula is C15H22N2O2. The van der Waals surface area contributed by atoms with Crippen molar-refractivity contribution in [3.63, 3.8) is 0 Å². The fourth-order valence-corrected chi connectivity index (χ4v) is 2.67. The molecule has 1 saturated carbocycles. The van der Waals surface area contributed by atoms with Crippen molar-refractivity contribution in [3.05, 3.63) is 29.8 Å². The summed E-state index contributed by atoms with van der Waals surface area (Å²) in [4.78, 5) is 11.7. The Balaban J connectivity index is 2.11. The monoisotopic (exact) mass is 262 g/mol. The third kappa shape index (κ3) is 3.70. The van der Waals surface area contributed by atoms with Crippen molar-refractivity contribution in [2.24, 2.45) is 5.73 Å². The van der Waals surface area contributed by atoms with Crippen LogP contribution >= 0.6 is 0 Å². The van der Waals surface area contributed by atoms with Crippen molar-refractivity contribution in [1.82, 2.24) is 5.32 Å². The van der Waals surface area contributed by atoms with E-state index >= 15 is 0 Å². The molecule has 3 N–H and O–H groups in total. The fraction of sp³-hybridized carbons (Fsp3) is 0.533. The molecule has 0 saturated heterocycles. The number of benzene rings is 1. The topological polar surface area (TPSA) is 64.3 Å². The van der Waals surface area contributed by atoms with Gasteiger partial charge >= 0.3 is 0 Å². The van der Waals surface area contributed by atoms with Gasteiger partial charge in [0.05, 0.1) is 7.11 Å². The zero-order valence-electron chi connectivity index (χ0n) is 11.4. The average Bonchev–Trinajstić information content (AvgIpc) is 2.45. The van der Waals surface area contributed by atoms with Crippen LogP contribution in [0.2, 0.25) is 0 Å². The number of primary amides is 1. The van der Waals surface area contributed by atoms with Gasteiger partial charge < -0.3 is 10.5 Å². The first-order chi connectivity index (χ1) is 9.20. The highest BCUT2D eigenvalue weighted by Crippen LogP contribution is 2.23. The molecule has 1 fully saturated rings. The van der Waals surface area contributed by atoms with Crippen LogP contribution in [-0.2, 0) is 4.79 Å². The smallest absolute Gasteiger partial charge is 0.239 e. The predicted molar refractivity (Wildman–Crippen MR) is 74.9 cm³/mol. The van der Waals surface area contributed by atoms with Crippen molar-refractivity contribution < 1.29 is 9.53 Å². The normalized spacial score (nSPS) is 17.9. The van der Waals surface area contributed by atoms with Gasteiger partial charge in [-0.15, -0.1) is 0 Å². The first-order valence-corrected chi connectivity index (χ1v) is 6.90. The molecule has 0 aliphatic heterocycles. The van der Waals surface area contributed by atoms with E-state index in [-0.39, 0.29) is 5.91 Å². The van der Waals surface area contributed by atoms with Gasteiger partial charge in [0.15, 0.2) is 0 Å². The van der Waals surface area contributed by atoms with Gasteiger partial charge in [-0.3, -0.25) is 10.1 Å². The molecule has 104 valence electrons.